The van der Waals surface area contributed by atoms with Crippen LogP contribution < -0.4 is 15.8 Å². The van der Waals surface area contributed by atoms with Crippen LogP contribution in [0.25, 0.3) is 0 Å². The number of primary amides is 1. The fourth-order valence-corrected chi connectivity index (χ4v) is 2.71. The van der Waals surface area contributed by atoms with E-state index in [2.05, 4.69) is 10.4 Å². The van der Waals surface area contributed by atoms with Gasteiger partial charge in [-0.1, -0.05) is 0 Å². The van der Waals surface area contributed by atoms with Gasteiger partial charge in [-0.3, -0.25) is 14.3 Å². The highest BCUT2D eigenvalue weighted by molar-refractivity contribution is 6.04. The van der Waals surface area contributed by atoms with Crippen LogP contribution in [0.2, 0.25) is 0 Å². The Hall–Kier alpha value is -2.83. The van der Waals surface area contributed by atoms with E-state index in [0.717, 1.165) is 18.5 Å². The monoisotopic (exact) mass is 342 g/mol. The van der Waals surface area contributed by atoms with Gasteiger partial charge in [0.2, 0.25) is 0 Å². The Kier molecular flexibility index (Phi) is 4.48. The highest BCUT2D eigenvalue weighted by atomic mass is 16.5. The Morgan fingerprint density at radius 2 is 2.04 bits per heavy atom. The van der Waals surface area contributed by atoms with Crippen molar-refractivity contribution >= 4 is 17.5 Å². The van der Waals surface area contributed by atoms with Crippen LogP contribution in [-0.2, 0) is 7.05 Å². The number of carbonyl (C=O) groups is 2. The molecule has 0 saturated heterocycles. The van der Waals surface area contributed by atoms with Gasteiger partial charge in [0.25, 0.3) is 11.8 Å². The van der Waals surface area contributed by atoms with Gasteiger partial charge in [0.15, 0.2) is 5.69 Å². The van der Waals surface area contributed by atoms with Gasteiger partial charge in [0.05, 0.1) is 11.7 Å². The van der Waals surface area contributed by atoms with Crippen molar-refractivity contribution < 1.29 is 14.3 Å². The number of amides is 2. The van der Waals surface area contributed by atoms with E-state index < -0.39 is 5.91 Å². The molecule has 1 heterocycles. The first-order valence-electron chi connectivity index (χ1n) is 8.31. The Morgan fingerprint density at radius 1 is 1.32 bits per heavy atom. The summed E-state index contributed by atoms with van der Waals surface area (Å²) in [4.78, 5) is 24.1. The molecule has 7 nitrogen and oxygen atoms in total. The van der Waals surface area contributed by atoms with Crippen molar-refractivity contribution in [2.45, 2.75) is 38.7 Å². The molecule has 0 bridgehead atoms. The molecule has 0 radical (unpaired) electrons. The predicted octanol–water partition coefficient (Wildman–Crippen LogP) is 2.44. The molecule has 0 aliphatic heterocycles. The van der Waals surface area contributed by atoms with E-state index in [4.69, 9.17) is 10.5 Å². The summed E-state index contributed by atoms with van der Waals surface area (Å²) in [5, 5.41) is 7.03. The zero-order valence-electron chi connectivity index (χ0n) is 14.6. The lowest BCUT2D eigenvalue weighted by Gasteiger charge is -2.14. The largest absolute Gasteiger partial charge is 0.490 e. The maximum Gasteiger partial charge on any atom is 0.276 e. The SMILES string of the molecule is CC(C)Oc1ccc(NC(=O)c2cc(C3CC3)n(C)n2)cc1C(N)=O. The van der Waals surface area contributed by atoms with E-state index in [0.29, 0.717) is 23.0 Å². The second-order valence-electron chi connectivity index (χ2n) is 6.55. The normalized spacial score (nSPS) is 13.8. The van der Waals surface area contributed by atoms with Gasteiger partial charge in [-0.25, -0.2) is 0 Å². The molecule has 1 fully saturated rings. The fourth-order valence-electron chi connectivity index (χ4n) is 2.71. The lowest BCUT2D eigenvalue weighted by Crippen LogP contribution is -2.17. The summed E-state index contributed by atoms with van der Waals surface area (Å²) in [6.07, 6.45) is 2.19. The van der Waals surface area contributed by atoms with Crippen LogP contribution >= 0.6 is 0 Å². The number of hydrogen-bond acceptors (Lipinski definition) is 4. The number of nitrogens with zero attached hydrogens (tertiary/aromatic N) is 2. The molecule has 3 N–H and O–H groups in total. The van der Waals surface area contributed by atoms with Crippen molar-refractivity contribution in [1.82, 2.24) is 9.78 Å². The van der Waals surface area contributed by atoms with Crippen LogP contribution in [0, 0.1) is 0 Å². The van der Waals surface area contributed by atoms with Crippen LogP contribution in [0.4, 0.5) is 5.69 Å². The van der Waals surface area contributed by atoms with Crippen molar-refractivity contribution in [1.29, 1.82) is 0 Å². The third kappa shape index (κ3) is 3.81. The summed E-state index contributed by atoms with van der Waals surface area (Å²) < 4.78 is 7.33. The molecule has 1 aromatic carbocycles. The Balaban J connectivity index is 1.79. The molecule has 1 saturated carbocycles. The molecule has 0 atom stereocenters. The zero-order valence-corrected chi connectivity index (χ0v) is 14.6. The van der Waals surface area contributed by atoms with Gasteiger partial charge in [-0.15, -0.1) is 0 Å². The molecular formula is C18H22N4O3. The van der Waals surface area contributed by atoms with E-state index >= 15 is 0 Å². The molecule has 0 spiro atoms. The number of aromatic nitrogens is 2. The minimum atomic E-state index is -0.611. The molecule has 2 amide bonds. The maximum absolute atomic E-state index is 12.4. The second-order valence-corrected chi connectivity index (χ2v) is 6.55. The number of rotatable bonds is 6. The average Bonchev–Trinajstić information content (AvgIpc) is 3.30. The van der Waals surface area contributed by atoms with Crippen molar-refractivity contribution in [2.24, 2.45) is 12.8 Å². The summed E-state index contributed by atoms with van der Waals surface area (Å²) in [7, 11) is 1.84. The first kappa shape index (κ1) is 17.0. The molecule has 25 heavy (non-hydrogen) atoms. The smallest absolute Gasteiger partial charge is 0.276 e. The summed E-state index contributed by atoms with van der Waals surface area (Å²) >= 11 is 0. The third-order valence-electron chi connectivity index (χ3n) is 4.01. The molecule has 7 heteroatoms. The molecule has 1 aliphatic carbocycles. The summed E-state index contributed by atoms with van der Waals surface area (Å²) in [5.74, 6) is -0.0293. The third-order valence-corrected chi connectivity index (χ3v) is 4.01. The van der Waals surface area contributed by atoms with Crippen LogP contribution in [0.5, 0.6) is 5.75 Å². The average molecular weight is 342 g/mol. The number of benzene rings is 1. The van der Waals surface area contributed by atoms with E-state index in [1.165, 1.54) is 6.07 Å². The quantitative estimate of drug-likeness (QED) is 0.842. The standard InChI is InChI=1S/C18H22N4O3/c1-10(2)25-16-7-6-12(8-13(16)17(19)23)20-18(24)14-9-15(11-4-5-11)22(3)21-14/h6-11H,4-5H2,1-3H3,(H2,19,23)(H,20,24). The minimum absolute atomic E-state index is 0.0899. The second kappa shape index (κ2) is 6.58. The van der Waals surface area contributed by atoms with Crippen LogP contribution in [-0.4, -0.2) is 27.7 Å². The van der Waals surface area contributed by atoms with Crippen molar-refractivity contribution in [2.75, 3.05) is 5.32 Å². The van der Waals surface area contributed by atoms with Crippen molar-refractivity contribution in [3.63, 3.8) is 0 Å². The number of ether oxygens (including phenoxy) is 1. The molecule has 2 aromatic rings. The molecule has 0 unspecified atom stereocenters. The van der Waals surface area contributed by atoms with Gasteiger partial charge in [-0.05, 0) is 51.0 Å². The lowest BCUT2D eigenvalue weighted by atomic mass is 10.1. The molecular weight excluding hydrogens is 320 g/mol. The number of aryl methyl sites for hydroxylation is 1. The Bertz CT molecular complexity index is 822. The summed E-state index contributed by atoms with van der Waals surface area (Å²) in [6.45, 7) is 3.72. The van der Waals surface area contributed by atoms with Gasteiger partial charge >= 0.3 is 0 Å². The van der Waals surface area contributed by atoms with Gasteiger partial charge < -0.3 is 15.8 Å². The van der Waals surface area contributed by atoms with Gasteiger partial charge in [0.1, 0.15) is 5.75 Å². The summed E-state index contributed by atoms with van der Waals surface area (Å²) in [5.41, 5.74) is 7.54. The minimum Gasteiger partial charge on any atom is -0.490 e. The van der Waals surface area contributed by atoms with E-state index in [9.17, 15) is 9.59 Å². The number of nitrogens with two attached hydrogens (primary N) is 1. The molecule has 3 rings (SSSR count). The van der Waals surface area contributed by atoms with Gasteiger partial charge in [-0.2, -0.15) is 5.10 Å². The number of carbonyl (C=O) groups excluding carboxylic acids is 2. The Labute approximate surface area is 146 Å². The van der Waals surface area contributed by atoms with E-state index in [-0.39, 0.29) is 17.6 Å². The number of hydrogen-bond donors (Lipinski definition) is 2. The van der Waals surface area contributed by atoms with Crippen molar-refractivity contribution in [3.8, 4) is 5.75 Å². The van der Waals surface area contributed by atoms with Gasteiger partial charge in [0, 0.05) is 24.3 Å². The Morgan fingerprint density at radius 3 is 2.64 bits per heavy atom. The fraction of sp³-hybridized carbons (Fsp3) is 0.389. The highest BCUT2D eigenvalue weighted by Crippen LogP contribution is 2.40. The molecule has 1 aliphatic rings. The molecule has 1 aromatic heterocycles. The van der Waals surface area contributed by atoms with E-state index in [1.54, 1.807) is 16.8 Å². The van der Waals surface area contributed by atoms with Crippen LogP contribution in [0.1, 0.15) is 59.1 Å². The maximum atomic E-state index is 12.4. The topological polar surface area (TPSA) is 99.2 Å². The van der Waals surface area contributed by atoms with Crippen molar-refractivity contribution in [3.05, 3.63) is 41.2 Å². The van der Waals surface area contributed by atoms with Crippen LogP contribution in [0.15, 0.2) is 24.3 Å². The first-order valence-corrected chi connectivity index (χ1v) is 8.31. The summed E-state index contributed by atoms with van der Waals surface area (Å²) in [6, 6.07) is 6.64. The highest BCUT2D eigenvalue weighted by Gasteiger charge is 2.28. The molecule has 132 valence electrons. The first-order chi connectivity index (χ1) is 11.8. The number of nitrogens with one attached hydrogen (secondary N) is 1. The predicted molar refractivity (Wildman–Crippen MR) is 93.9 cm³/mol. The van der Waals surface area contributed by atoms with Crippen LogP contribution in [0.3, 0.4) is 0 Å². The zero-order chi connectivity index (χ0) is 18.1. The lowest BCUT2D eigenvalue weighted by molar-refractivity contribution is 0.0990. The number of anilines is 1. The van der Waals surface area contributed by atoms with E-state index in [1.807, 2.05) is 27.0 Å².